The average Bonchev–Trinajstić information content (AvgIpc) is 2.62. The van der Waals surface area contributed by atoms with Crippen LogP contribution >= 0.6 is 12.4 Å². The van der Waals surface area contributed by atoms with Gasteiger partial charge in [-0.1, -0.05) is 20.8 Å². The third-order valence-electron chi connectivity index (χ3n) is 3.12. The van der Waals surface area contributed by atoms with Crippen LogP contribution in [0.2, 0.25) is 0 Å². The Hall–Kier alpha value is -0.280. The Labute approximate surface area is 105 Å². The van der Waals surface area contributed by atoms with Crippen LogP contribution in [0.25, 0.3) is 0 Å². The predicted molar refractivity (Wildman–Crippen MR) is 69.9 cm³/mol. The highest BCUT2D eigenvalue weighted by molar-refractivity contribution is 5.85. The fraction of sp³-hybridized carbons (Fsp3) is 0.917. The topological polar surface area (TPSA) is 32.3 Å². The molecule has 1 N–H and O–H groups in total. The first-order chi connectivity index (χ1) is 7.06. The van der Waals surface area contributed by atoms with Gasteiger partial charge in [-0.2, -0.15) is 0 Å². The van der Waals surface area contributed by atoms with E-state index in [1.54, 1.807) is 0 Å². The molecule has 2 atom stereocenters. The van der Waals surface area contributed by atoms with Crippen LogP contribution in [0.5, 0.6) is 0 Å². The summed E-state index contributed by atoms with van der Waals surface area (Å²) in [5.74, 6) is 1.08. The van der Waals surface area contributed by atoms with E-state index in [-0.39, 0.29) is 18.3 Å². The van der Waals surface area contributed by atoms with Gasteiger partial charge in [0.25, 0.3) is 0 Å². The van der Waals surface area contributed by atoms with Crippen molar-refractivity contribution in [3.05, 3.63) is 0 Å². The van der Waals surface area contributed by atoms with Crippen LogP contribution < -0.4 is 5.32 Å². The fourth-order valence-corrected chi connectivity index (χ4v) is 2.41. The Balaban J connectivity index is 0.00000225. The van der Waals surface area contributed by atoms with E-state index >= 15 is 0 Å². The summed E-state index contributed by atoms with van der Waals surface area (Å²) in [6.07, 6.45) is 2.05. The summed E-state index contributed by atoms with van der Waals surface area (Å²) in [4.78, 5) is 14.0. The van der Waals surface area contributed by atoms with Crippen molar-refractivity contribution >= 4 is 18.3 Å². The maximum absolute atomic E-state index is 12.1. The Kier molecular flexibility index (Phi) is 7.00. The molecule has 0 radical (unpaired) electrons. The van der Waals surface area contributed by atoms with E-state index in [1.165, 1.54) is 0 Å². The average molecular weight is 249 g/mol. The Morgan fingerprint density at radius 3 is 2.62 bits per heavy atom. The van der Waals surface area contributed by atoms with Crippen molar-refractivity contribution < 1.29 is 4.79 Å². The van der Waals surface area contributed by atoms with Crippen LogP contribution in [0.15, 0.2) is 0 Å². The normalized spacial score (nSPS) is 24.3. The monoisotopic (exact) mass is 248 g/mol. The lowest BCUT2D eigenvalue weighted by Crippen LogP contribution is -2.40. The minimum Gasteiger partial charge on any atom is -0.345 e. The molecule has 0 aromatic rings. The predicted octanol–water partition coefficient (Wildman–Crippen LogP) is 1.91. The summed E-state index contributed by atoms with van der Waals surface area (Å²) >= 11 is 0. The Bertz CT molecular complexity index is 221. The highest BCUT2D eigenvalue weighted by Crippen LogP contribution is 2.20. The van der Waals surface area contributed by atoms with Crippen molar-refractivity contribution in [1.82, 2.24) is 10.2 Å². The van der Waals surface area contributed by atoms with Crippen LogP contribution in [-0.4, -0.2) is 37.0 Å². The highest BCUT2D eigenvalue weighted by atomic mass is 35.5. The molecular formula is C12H25ClN2O. The summed E-state index contributed by atoms with van der Waals surface area (Å²) in [6, 6.07) is 0.395. The first-order valence-corrected chi connectivity index (χ1v) is 6.04. The van der Waals surface area contributed by atoms with Crippen LogP contribution in [-0.2, 0) is 4.79 Å². The second kappa shape index (κ2) is 7.13. The lowest BCUT2D eigenvalue weighted by Gasteiger charge is -2.25. The van der Waals surface area contributed by atoms with Crippen molar-refractivity contribution in [2.24, 2.45) is 11.8 Å². The second-order valence-electron chi connectivity index (χ2n) is 4.98. The van der Waals surface area contributed by atoms with Crippen molar-refractivity contribution in [2.45, 2.75) is 39.7 Å². The number of halogens is 1. The van der Waals surface area contributed by atoms with Crippen LogP contribution in [0.1, 0.15) is 33.6 Å². The quantitative estimate of drug-likeness (QED) is 0.825. The Morgan fingerprint density at radius 2 is 2.12 bits per heavy atom. The number of hydrogen-bond donors (Lipinski definition) is 1. The van der Waals surface area contributed by atoms with Crippen molar-refractivity contribution in [2.75, 3.05) is 20.1 Å². The number of rotatable bonds is 4. The van der Waals surface area contributed by atoms with Gasteiger partial charge in [-0.15, -0.1) is 12.4 Å². The molecule has 1 aliphatic rings. The van der Waals surface area contributed by atoms with E-state index in [0.29, 0.717) is 17.9 Å². The minimum absolute atomic E-state index is 0. The fourth-order valence-electron chi connectivity index (χ4n) is 2.41. The molecule has 0 saturated carbocycles. The standard InChI is InChI=1S/C12H24N2O.ClH/c1-5-11-10(6-7-13-11)12(15)14(4)8-9(2)3;/h9-11,13H,5-8H2,1-4H3;1H. The van der Waals surface area contributed by atoms with Crippen molar-refractivity contribution in [3.8, 4) is 0 Å². The second-order valence-corrected chi connectivity index (χ2v) is 4.98. The zero-order valence-electron chi connectivity index (χ0n) is 10.8. The summed E-state index contributed by atoms with van der Waals surface area (Å²) in [6.45, 7) is 8.30. The molecule has 1 saturated heterocycles. The molecule has 16 heavy (non-hydrogen) atoms. The summed E-state index contributed by atoms with van der Waals surface area (Å²) in [7, 11) is 1.92. The van der Waals surface area contributed by atoms with Gasteiger partial charge in [-0.25, -0.2) is 0 Å². The van der Waals surface area contributed by atoms with E-state index in [0.717, 1.165) is 25.9 Å². The third-order valence-corrected chi connectivity index (χ3v) is 3.12. The van der Waals surface area contributed by atoms with Gasteiger partial charge >= 0.3 is 0 Å². The number of carbonyl (C=O) groups is 1. The van der Waals surface area contributed by atoms with E-state index < -0.39 is 0 Å². The maximum atomic E-state index is 12.1. The van der Waals surface area contributed by atoms with Gasteiger partial charge in [0.2, 0.25) is 5.91 Å². The van der Waals surface area contributed by atoms with Gasteiger partial charge in [0.15, 0.2) is 0 Å². The number of amides is 1. The minimum atomic E-state index is 0. The van der Waals surface area contributed by atoms with Crippen LogP contribution in [0, 0.1) is 11.8 Å². The molecule has 0 aromatic carbocycles. The first kappa shape index (κ1) is 15.7. The van der Waals surface area contributed by atoms with Gasteiger partial charge < -0.3 is 10.2 Å². The largest absolute Gasteiger partial charge is 0.345 e. The molecule has 4 heteroatoms. The van der Waals surface area contributed by atoms with Gasteiger partial charge in [-0.05, 0) is 25.3 Å². The number of nitrogens with one attached hydrogen (secondary N) is 1. The van der Waals surface area contributed by atoms with Crippen molar-refractivity contribution in [3.63, 3.8) is 0 Å². The van der Waals surface area contributed by atoms with Gasteiger partial charge in [-0.3, -0.25) is 4.79 Å². The molecule has 0 bridgehead atoms. The summed E-state index contributed by atoms with van der Waals surface area (Å²) in [5.41, 5.74) is 0. The molecule has 96 valence electrons. The van der Waals surface area contributed by atoms with E-state index in [1.807, 2.05) is 11.9 Å². The van der Waals surface area contributed by atoms with E-state index in [9.17, 15) is 4.79 Å². The summed E-state index contributed by atoms with van der Waals surface area (Å²) < 4.78 is 0. The molecule has 1 amide bonds. The molecule has 0 spiro atoms. The van der Waals surface area contributed by atoms with Gasteiger partial charge in [0.05, 0.1) is 5.92 Å². The van der Waals surface area contributed by atoms with Crippen molar-refractivity contribution in [1.29, 1.82) is 0 Å². The molecule has 1 rings (SSSR count). The lowest BCUT2D eigenvalue weighted by molar-refractivity contribution is -0.134. The summed E-state index contributed by atoms with van der Waals surface area (Å²) in [5, 5.41) is 3.40. The maximum Gasteiger partial charge on any atom is 0.227 e. The smallest absolute Gasteiger partial charge is 0.227 e. The molecular weight excluding hydrogens is 224 g/mol. The molecule has 1 aliphatic heterocycles. The first-order valence-electron chi connectivity index (χ1n) is 6.04. The highest BCUT2D eigenvalue weighted by Gasteiger charge is 2.33. The van der Waals surface area contributed by atoms with E-state index in [2.05, 4.69) is 26.1 Å². The SMILES string of the molecule is CCC1NCCC1C(=O)N(C)CC(C)C.Cl. The Morgan fingerprint density at radius 1 is 1.50 bits per heavy atom. The zero-order chi connectivity index (χ0) is 11.4. The van der Waals surface area contributed by atoms with Gasteiger partial charge in [0.1, 0.15) is 0 Å². The lowest BCUT2D eigenvalue weighted by atomic mass is 9.97. The number of carbonyl (C=O) groups excluding carboxylic acids is 1. The number of hydrogen-bond acceptors (Lipinski definition) is 2. The zero-order valence-corrected chi connectivity index (χ0v) is 11.6. The molecule has 1 heterocycles. The third kappa shape index (κ3) is 3.95. The molecule has 3 nitrogen and oxygen atoms in total. The van der Waals surface area contributed by atoms with Gasteiger partial charge in [0, 0.05) is 19.6 Å². The molecule has 2 unspecified atom stereocenters. The molecule has 0 aliphatic carbocycles. The van der Waals surface area contributed by atoms with Crippen LogP contribution in [0.4, 0.5) is 0 Å². The van der Waals surface area contributed by atoms with Crippen LogP contribution in [0.3, 0.4) is 0 Å². The molecule has 0 aromatic heterocycles. The van der Waals surface area contributed by atoms with E-state index in [4.69, 9.17) is 0 Å². The number of nitrogens with zero attached hydrogens (tertiary/aromatic N) is 1. The molecule has 1 fully saturated rings.